The maximum Gasteiger partial charge on any atom is 0.255 e. The summed E-state index contributed by atoms with van der Waals surface area (Å²) in [6.45, 7) is 1.64. The first kappa shape index (κ1) is 14.4. The lowest BCUT2D eigenvalue weighted by Gasteiger charge is -2.12. The van der Waals surface area contributed by atoms with E-state index in [0.717, 1.165) is 19.5 Å². The average Bonchev–Trinajstić information content (AvgIpc) is 2.70. The third-order valence-electron chi connectivity index (χ3n) is 2.59. The molecule has 17 heavy (non-hydrogen) atoms. The van der Waals surface area contributed by atoms with Crippen molar-refractivity contribution in [1.29, 1.82) is 0 Å². The number of hydrogen-bond donors (Lipinski definition) is 2. The second-order valence-electron chi connectivity index (χ2n) is 3.76. The summed E-state index contributed by atoms with van der Waals surface area (Å²) in [5.41, 5.74) is 0.0781. The first-order chi connectivity index (χ1) is 7.68. The van der Waals surface area contributed by atoms with Crippen LogP contribution in [0.2, 0.25) is 0 Å². The number of halogens is 3. The van der Waals surface area contributed by atoms with Gasteiger partial charge in [0.25, 0.3) is 5.91 Å². The van der Waals surface area contributed by atoms with Crippen molar-refractivity contribution in [2.75, 3.05) is 13.1 Å². The lowest BCUT2D eigenvalue weighted by Crippen LogP contribution is -2.36. The van der Waals surface area contributed by atoms with Crippen molar-refractivity contribution in [3.8, 4) is 0 Å². The van der Waals surface area contributed by atoms with E-state index < -0.39 is 5.82 Å². The van der Waals surface area contributed by atoms with E-state index in [4.69, 9.17) is 0 Å². The molecule has 1 fully saturated rings. The van der Waals surface area contributed by atoms with Crippen LogP contribution in [0.1, 0.15) is 16.8 Å². The summed E-state index contributed by atoms with van der Waals surface area (Å²) in [4.78, 5) is 11.8. The molecule has 1 aliphatic heterocycles. The molecule has 2 rings (SSSR count). The highest BCUT2D eigenvalue weighted by Crippen LogP contribution is 2.19. The van der Waals surface area contributed by atoms with Gasteiger partial charge in [-0.3, -0.25) is 4.79 Å². The van der Waals surface area contributed by atoms with Gasteiger partial charge < -0.3 is 10.6 Å². The van der Waals surface area contributed by atoms with Crippen molar-refractivity contribution in [3.05, 3.63) is 34.1 Å². The molecular formula is C11H13BrClFN2O. The summed E-state index contributed by atoms with van der Waals surface area (Å²) < 4.78 is 14.0. The van der Waals surface area contributed by atoms with Crippen LogP contribution in [0.5, 0.6) is 0 Å². The fourth-order valence-corrected chi connectivity index (χ4v) is 2.27. The van der Waals surface area contributed by atoms with E-state index in [1.54, 1.807) is 12.1 Å². The van der Waals surface area contributed by atoms with Gasteiger partial charge in [-0.05, 0) is 41.0 Å². The Morgan fingerprint density at radius 1 is 1.53 bits per heavy atom. The molecule has 0 radical (unpaired) electrons. The summed E-state index contributed by atoms with van der Waals surface area (Å²) in [6, 6.07) is 4.60. The molecule has 1 saturated heterocycles. The standard InChI is InChI=1S/C11H12BrFN2O.ClH/c12-8-2-1-3-9(13)10(8)11(16)15-7-4-5-14-6-7;/h1-3,7,14H,4-6H2,(H,15,16);1H. The first-order valence-electron chi connectivity index (χ1n) is 5.14. The number of benzene rings is 1. The molecule has 94 valence electrons. The molecule has 0 bridgehead atoms. The largest absolute Gasteiger partial charge is 0.348 e. The quantitative estimate of drug-likeness (QED) is 0.875. The van der Waals surface area contributed by atoms with Crippen LogP contribution < -0.4 is 10.6 Å². The van der Waals surface area contributed by atoms with E-state index >= 15 is 0 Å². The number of amides is 1. The van der Waals surface area contributed by atoms with E-state index in [1.165, 1.54) is 6.07 Å². The summed E-state index contributed by atoms with van der Waals surface area (Å²) in [7, 11) is 0. The predicted octanol–water partition coefficient (Wildman–Crippen LogP) is 2.10. The van der Waals surface area contributed by atoms with E-state index in [9.17, 15) is 9.18 Å². The van der Waals surface area contributed by atoms with E-state index in [-0.39, 0.29) is 29.9 Å². The predicted molar refractivity (Wildman–Crippen MR) is 70.1 cm³/mol. The van der Waals surface area contributed by atoms with E-state index in [0.29, 0.717) is 4.47 Å². The van der Waals surface area contributed by atoms with Crippen molar-refractivity contribution in [1.82, 2.24) is 10.6 Å². The van der Waals surface area contributed by atoms with Gasteiger partial charge in [0.2, 0.25) is 0 Å². The fraction of sp³-hybridized carbons (Fsp3) is 0.364. The molecular weight excluding hydrogens is 310 g/mol. The first-order valence-corrected chi connectivity index (χ1v) is 5.93. The van der Waals surface area contributed by atoms with Gasteiger partial charge in [-0.2, -0.15) is 0 Å². The molecule has 1 aromatic rings. The second-order valence-corrected chi connectivity index (χ2v) is 4.61. The van der Waals surface area contributed by atoms with Crippen LogP contribution >= 0.6 is 28.3 Å². The van der Waals surface area contributed by atoms with Gasteiger partial charge in [0.15, 0.2) is 0 Å². The van der Waals surface area contributed by atoms with Crippen LogP contribution in [0.25, 0.3) is 0 Å². The van der Waals surface area contributed by atoms with Crippen molar-refractivity contribution in [2.45, 2.75) is 12.5 Å². The van der Waals surface area contributed by atoms with Gasteiger partial charge in [0, 0.05) is 17.1 Å². The molecule has 2 N–H and O–H groups in total. The zero-order valence-electron chi connectivity index (χ0n) is 9.00. The minimum absolute atomic E-state index is 0. The highest BCUT2D eigenvalue weighted by molar-refractivity contribution is 9.10. The smallest absolute Gasteiger partial charge is 0.255 e. The Kier molecular flexibility index (Phi) is 5.36. The van der Waals surface area contributed by atoms with Crippen LogP contribution in [-0.4, -0.2) is 25.0 Å². The Balaban J connectivity index is 0.00000144. The summed E-state index contributed by atoms with van der Waals surface area (Å²) in [5.74, 6) is -0.864. The Morgan fingerprint density at radius 2 is 2.29 bits per heavy atom. The molecule has 1 amide bonds. The van der Waals surface area contributed by atoms with Gasteiger partial charge in [-0.1, -0.05) is 6.07 Å². The summed E-state index contributed by atoms with van der Waals surface area (Å²) in [6.07, 6.45) is 0.887. The van der Waals surface area contributed by atoms with Crippen LogP contribution in [-0.2, 0) is 0 Å². The van der Waals surface area contributed by atoms with Crippen molar-refractivity contribution in [3.63, 3.8) is 0 Å². The zero-order valence-corrected chi connectivity index (χ0v) is 11.4. The van der Waals surface area contributed by atoms with Crippen molar-refractivity contribution >= 4 is 34.2 Å². The topological polar surface area (TPSA) is 41.1 Å². The SMILES string of the molecule is Cl.O=C(NC1CCNC1)c1c(F)cccc1Br. The lowest BCUT2D eigenvalue weighted by atomic mass is 10.1. The molecule has 1 unspecified atom stereocenters. The van der Waals surface area contributed by atoms with E-state index in [2.05, 4.69) is 26.6 Å². The third kappa shape index (κ3) is 3.40. The highest BCUT2D eigenvalue weighted by atomic mass is 79.9. The molecule has 0 spiro atoms. The van der Waals surface area contributed by atoms with Gasteiger partial charge in [0.05, 0.1) is 5.56 Å². The minimum Gasteiger partial charge on any atom is -0.348 e. The maximum absolute atomic E-state index is 13.5. The third-order valence-corrected chi connectivity index (χ3v) is 3.25. The maximum atomic E-state index is 13.5. The van der Waals surface area contributed by atoms with Gasteiger partial charge >= 0.3 is 0 Å². The second kappa shape index (κ2) is 6.33. The molecule has 0 saturated carbocycles. The lowest BCUT2D eigenvalue weighted by molar-refractivity contribution is 0.0935. The number of rotatable bonds is 2. The van der Waals surface area contributed by atoms with Crippen LogP contribution in [0, 0.1) is 5.82 Å². The molecule has 1 heterocycles. The normalized spacial score (nSPS) is 18.6. The molecule has 1 atom stereocenters. The molecule has 0 aromatic heterocycles. The highest BCUT2D eigenvalue weighted by Gasteiger charge is 2.21. The fourth-order valence-electron chi connectivity index (χ4n) is 1.75. The Bertz CT molecular complexity index is 390. The van der Waals surface area contributed by atoms with Gasteiger partial charge in [0.1, 0.15) is 5.82 Å². The Hall–Kier alpha value is -0.650. The molecule has 0 aliphatic carbocycles. The molecule has 3 nitrogen and oxygen atoms in total. The number of hydrogen-bond acceptors (Lipinski definition) is 2. The Labute approximate surface area is 114 Å². The zero-order chi connectivity index (χ0) is 11.5. The summed E-state index contributed by atoms with van der Waals surface area (Å²) in [5, 5.41) is 5.94. The number of carbonyl (C=O) groups excluding carboxylic acids is 1. The van der Waals surface area contributed by atoms with Gasteiger partial charge in [-0.25, -0.2) is 4.39 Å². The molecule has 1 aromatic carbocycles. The van der Waals surface area contributed by atoms with Crippen LogP contribution in [0.3, 0.4) is 0 Å². The van der Waals surface area contributed by atoms with E-state index in [1.807, 2.05) is 0 Å². The Morgan fingerprint density at radius 3 is 2.88 bits per heavy atom. The monoisotopic (exact) mass is 322 g/mol. The number of carbonyl (C=O) groups is 1. The molecule has 6 heteroatoms. The average molecular weight is 324 g/mol. The van der Waals surface area contributed by atoms with Crippen LogP contribution in [0.15, 0.2) is 22.7 Å². The molecule has 1 aliphatic rings. The minimum atomic E-state index is -0.502. The van der Waals surface area contributed by atoms with Crippen molar-refractivity contribution in [2.24, 2.45) is 0 Å². The van der Waals surface area contributed by atoms with Crippen LogP contribution in [0.4, 0.5) is 4.39 Å². The number of nitrogens with one attached hydrogen (secondary N) is 2. The van der Waals surface area contributed by atoms with Gasteiger partial charge in [-0.15, -0.1) is 12.4 Å². The summed E-state index contributed by atoms with van der Waals surface area (Å²) >= 11 is 3.18. The van der Waals surface area contributed by atoms with Crippen molar-refractivity contribution < 1.29 is 9.18 Å².